The summed E-state index contributed by atoms with van der Waals surface area (Å²) in [5, 5.41) is 0. The molecule has 0 amide bonds. The Morgan fingerprint density at radius 3 is 2.54 bits per heavy atom. The number of hydrogen-bond donors (Lipinski definition) is 2. The summed E-state index contributed by atoms with van der Waals surface area (Å²) in [6.07, 6.45) is 0.550. The predicted octanol–water partition coefficient (Wildman–Crippen LogP) is 2.42. The van der Waals surface area contributed by atoms with Crippen LogP contribution >= 0.6 is 0 Å². The molecule has 0 bridgehead atoms. The smallest absolute Gasteiger partial charge is 0.408 e. The highest BCUT2D eigenvalue weighted by atomic mass is 32.2. The van der Waals surface area contributed by atoms with E-state index in [1.165, 1.54) is 18.2 Å². The number of aromatic amines is 1. The summed E-state index contributed by atoms with van der Waals surface area (Å²) in [6.45, 7) is 3.65. The van der Waals surface area contributed by atoms with Gasteiger partial charge in [-0.3, -0.25) is 4.98 Å². The van der Waals surface area contributed by atoms with E-state index in [0.29, 0.717) is 11.9 Å². The fraction of sp³-hybridized carbons (Fsp3) is 0.235. The monoisotopic (exact) mass is 346 g/mol. The lowest BCUT2D eigenvalue weighted by atomic mass is 9.96. The van der Waals surface area contributed by atoms with Crippen molar-refractivity contribution in [1.29, 1.82) is 0 Å². The number of oxazole rings is 1. The molecule has 0 saturated carbocycles. The molecule has 7 heteroatoms. The molecule has 6 nitrogen and oxygen atoms in total. The van der Waals surface area contributed by atoms with Crippen LogP contribution in [0.3, 0.4) is 0 Å². The number of hydrogen-bond acceptors (Lipinski definition) is 4. The zero-order valence-electron chi connectivity index (χ0n) is 13.4. The highest BCUT2D eigenvalue weighted by molar-refractivity contribution is 7.89. The first-order valence-electron chi connectivity index (χ1n) is 7.46. The molecular weight excluding hydrogens is 328 g/mol. The van der Waals surface area contributed by atoms with Gasteiger partial charge in [-0.05, 0) is 38.0 Å². The molecule has 0 spiro atoms. The van der Waals surface area contributed by atoms with E-state index in [4.69, 9.17) is 4.42 Å². The van der Waals surface area contributed by atoms with Crippen LogP contribution < -0.4 is 10.5 Å². The Labute approximate surface area is 139 Å². The summed E-state index contributed by atoms with van der Waals surface area (Å²) in [4.78, 5) is 13.7. The summed E-state index contributed by atoms with van der Waals surface area (Å²) in [5.41, 5.74) is 1.04. The number of fused-ring (bicyclic) bond motifs is 1. The van der Waals surface area contributed by atoms with Gasteiger partial charge in [0.1, 0.15) is 0 Å². The van der Waals surface area contributed by atoms with Crippen LogP contribution in [-0.2, 0) is 16.4 Å². The minimum absolute atomic E-state index is 0.0545. The Bertz CT molecular complexity index is 1020. The van der Waals surface area contributed by atoms with Crippen LogP contribution in [0, 0.1) is 0 Å². The summed E-state index contributed by atoms with van der Waals surface area (Å²) >= 11 is 0. The molecule has 1 aromatic heterocycles. The van der Waals surface area contributed by atoms with E-state index in [2.05, 4.69) is 9.71 Å². The van der Waals surface area contributed by atoms with Crippen LogP contribution in [0.5, 0.6) is 0 Å². The Hall–Kier alpha value is -2.38. The topological polar surface area (TPSA) is 92.2 Å². The zero-order chi connectivity index (χ0) is 17.4. The minimum Gasteiger partial charge on any atom is -0.408 e. The summed E-state index contributed by atoms with van der Waals surface area (Å²) < 4.78 is 32.9. The third-order valence-electron chi connectivity index (χ3n) is 3.60. The van der Waals surface area contributed by atoms with Crippen molar-refractivity contribution < 1.29 is 12.8 Å². The molecular formula is C17H18N2O4S. The van der Waals surface area contributed by atoms with E-state index < -0.39 is 21.3 Å². The van der Waals surface area contributed by atoms with Crippen molar-refractivity contribution in [2.45, 2.75) is 30.7 Å². The van der Waals surface area contributed by atoms with Gasteiger partial charge in [-0.2, -0.15) is 0 Å². The molecule has 0 saturated heterocycles. The Morgan fingerprint density at radius 2 is 1.83 bits per heavy atom. The van der Waals surface area contributed by atoms with Crippen LogP contribution in [0.2, 0.25) is 0 Å². The number of rotatable bonds is 5. The van der Waals surface area contributed by atoms with Crippen LogP contribution in [0.25, 0.3) is 11.1 Å². The van der Waals surface area contributed by atoms with Crippen molar-refractivity contribution in [1.82, 2.24) is 9.71 Å². The molecule has 0 fully saturated rings. The molecule has 0 aliphatic carbocycles. The van der Waals surface area contributed by atoms with Gasteiger partial charge >= 0.3 is 5.76 Å². The lowest BCUT2D eigenvalue weighted by Crippen LogP contribution is -2.44. The van der Waals surface area contributed by atoms with Crippen LogP contribution in [-0.4, -0.2) is 18.9 Å². The van der Waals surface area contributed by atoms with Gasteiger partial charge in [0.05, 0.1) is 10.4 Å². The molecule has 3 rings (SSSR count). The van der Waals surface area contributed by atoms with Gasteiger partial charge in [0.2, 0.25) is 10.0 Å². The highest BCUT2D eigenvalue weighted by Crippen LogP contribution is 2.20. The molecule has 3 aromatic rings. The van der Waals surface area contributed by atoms with E-state index in [9.17, 15) is 13.2 Å². The van der Waals surface area contributed by atoms with Gasteiger partial charge in [-0.25, -0.2) is 17.9 Å². The molecule has 24 heavy (non-hydrogen) atoms. The third-order valence-corrected chi connectivity index (χ3v) is 5.30. The lowest BCUT2D eigenvalue weighted by Gasteiger charge is -2.26. The zero-order valence-corrected chi connectivity index (χ0v) is 14.2. The minimum atomic E-state index is -3.75. The standard InChI is InChI=1S/C17H18N2O4S/c1-17(2,11-12-6-4-3-5-7-12)19-24(21,22)13-8-9-14-15(10-13)23-16(20)18-14/h3-10,19H,11H2,1-2H3,(H,18,20). The molecule has 2 aromatic carbocycles. The van der Waals surface area contributed by atoms with Crippen molar-refractivity contribution in [2.24, 2.45) is 0 Å². The molecule has 0 radical (unpaired) electrons. The fourth-order valence-corrected chi connectivity index (χ4v) is 4.08. The maximum absolute atomic E-state index is 12.6. The Kier molecular flexibility index (Phi) is 4.06. The number of nitrogens with one attached hydrogen (secondary N) is 2. The highest BCUT2D eigenvalue weighted by Gasteiger charge is 2.27. The molecule has 2 N–H and O–H groups in total. The van der Waals surface area contributed by atoms with E-state index in [0.717, 1.165) is 5.56 Å². The van der Waals surface area contributed by atoms with Gasteiger partial charge in [0, 0.05) is 11.6 Å². The number of sulfonamides is 1. The van der Waals surface area contributed by atoms with Crippen LogP contribution in [0.4, 0.5) is 0 Å². The van der Waals surface area contributed by atoms with Gasteiger partial charge in [-0.15, -0.1) is 0 Å². The average Bonchev–Trinajstić information content (AvgIpc) is 2.85. The average molecular weight is 346 g/mol. The van der Waals surface area contributed by atoms with Crippen molar-refractivity contribution in [3.05, 3.63) is 64.6 Å². The van der Waals surface area contributed by atoms with E-state index in [-0.39, 0.29) is 10.5 Å². The van der Waals surface area contributed by atoms with Gasteiger partial charge in [0.25, 0.3) is 0 Å². The Balaban J connectivity index is 1.87. The first-order valence-corrected chi connectivity index (χ1v) is 8.94. The number of H-pyrrole nitrogens is 1. The van der Waals surface area contributed by atoms with Crippen molar-refractivity contribution in [2.75, 3.05) is 0 Å². The first kappa shape index (κ1) is 16.5. The first-order chi connectivity index (χ1) is 11.3. The van der Waals surface area contributed by atoms with E-state index >= 15 is 0 Å². The van der Waals surface area contributed by atoms with Crippen LogP contribution in [0.15, 0.2) is 62.6 Å². The van der Waals surface area contributed by atoms with Crippen LogP contribution in [0.1, 0.15) is 19.4 Å². The lowest BCUT2D eigenvalue weighted by molar-refractivity contribution is 0.450. The maximum Gasteiger partial charge on any atom is 0.417 e. The van der Waals surface area contributed by atoms with Crippen molar-refractivity contribution >= 4 is 21.1 Å². The quantitative estimate of drug-likeness (QED) is 0.742. The molecule has 0 aliphatic rings. The van der Waals surface area contributed by atoms with Gasteiger partial charge < -0.3 is 4.42 Å². The van der Waals surface area contributed by atoms with Crippen molar-refractivity contribution in [3.63, 3.8) is 0 Å². The molecule has 0 aliphatic heterocycles. The Morgan fingerprint density at radius 1 is 1.12 bits per heavy atom. The van der Waals surface area contributed by atoms with E-state index in [1.54, 1.807) is 0 Å². The predicted molar refractivity (Wildman–Crippen MR) is 91.4 cm³/mol. The van der Waals surface area contributed by atoms with Gasteiger partial charge in [0.15, 0.2) is 5.58 Å². The SMILES string of the molecule is CC(C)(Cc1ccccc1)NS(=O)(=O)c1ccc2[nH]c(=O)oc2c1. The fourth-order valence-electron chi connectivity index (χ4n) is 2.66. The number of aromatic nitrogens is 1. The third kappa shape index (κ3) is 3.58. The normalized spacial score (nSPS) is 12.6. The molecule has 126 valence electrons. The largest absolute Gasteiger partial charge is 0.417 e. The summed E-state index contributed by atoms with van der Waals surface area (Å²) in [5.74, 6) is -0.614. The molecule has 0 unspecified atom stereocenters. The second-order valence-electron chi connectivity index (χ2n) is 6.32. The second-order valence-corrected chi connectivity index (χ2v) is 8.01. The summed E-state index contributed by atoms with van der Waals surface area (Å²) in [7, 11) is -3.75. The second kappa shape index (κ2) is 5.92. The van der Waals surface area contributed by atoms with Crippen molar-refractivity contribution in [3.8, 4) is 0 Å². The molecule has 1 heterocycles. The molecule has 0 atom stereocenters. The summed E-state index contributed by atoms with van der Waals surface area (Å²) in [6, 6.07) is 14.0. The van der Waals surface area contributed by atoms with Gasteiger partial charge in [-0.1, -0.05) is 30.3 Å². The maximum atomic E-state index is 12.6. The number of benzene rings is 2. The van der Waals surface area contributed by atoms with E-state index in [1.807, 2.05) is 44.2 Å².